The topological polar surface area (TPSA) is 35.6 Å². The van der Waals surface area contributed by atoms with Crippen molar-refractivity contribution < 1.29 is 4.79 Å². The molecule has 4 nitrogen and oxygen atoms in total. The number of carbonyl (C=O) groups is 1. The molecule has 2 amide bonds. The van der Waals surface area contributed by atoms with Crippen molar-refractivity contribution >= 4 is 17.8 Å². The van der Waals surface area contributed by atoms with Crippen molar-refractivity contribution in [1.29, 1.82) is 0 Å². The summed E-state index contributed by atoms with van der Waals surface area (Å²) < 4.78 is 0. The van der Waals surface area contributed by atoms with Gasteiger partial charge in [-0.2, -0.15) is 0 Å². The van der Waals surface area contributed by atoms with E-state index in [1.54, 1.807) is 6.20 Å². The first-order valence-electron chi connectivity index (χ1n) is 8.72. The fourth-order valence-corrected chi connectivity index (χ4v) is 3.17. The van der Waals surface area contributed by atoms with E-state index in [2.05, 4.69) is 42.3 Å². The van der Waals surface area contributed by atoms with Crippen LogP contribution >= 0.6 is 0 Å². The van der Waals surface area contributed by atoms with Crippen LogP contribution in [0.2, 0.25) is 0 Å². The lowest BCUT2D eigenvalue weighted by Gasteiger charge is -2.36. The highest BCUT2D eigenvalue weighted by atomic mass is 16.2. The predicted molar refractivity (Wildman–Crippen MR) is 104 cm³/mol. The van der Waals surface area contributed by atoms with E-state index in [0.717, 1.165) is 31.7 Å². The third-order valence-corrected chi connectivity index (χ3v) is 4.42. The summed E-state index contributed by atoms with van der Waals surface area (Å²) in [6.07, 6.45) is 3.62. The van der Waals surface area contributed by atoms with E-state index in [4.69, 9.17) is 0 Å². The molecular weight excluding hydrogens is 310 g/mol. The van der Waals surface area contributed by atoms with Crippen LogP contribution in [0.4, 0.5) is 10.5 Å². The maximum atomic E-state index is 12.3. The van der Waals surface area contributed by atoms with Crippen LogP contribution in [-0.2, 0) is 0 Å². The standard InChI is InChI=1S/C21H25N3O/c1-17-14-18(2)16-20(15-17)23-10-12-24(13-11-23)21(25)22-9-8-19-6-4-3-5-7-19/h3-9,14-16H,10-13H2,1-2H3,(H,22,25)/b9-8+. The second-order valence-electron chi connectivity index (χ2n) is 6.51. The van der Waals surface area contributed by atoms with E-state index in [0.29, 0.717) is 0 Å². The molecule has 2 aromatic carbocycles. The van der Waals surface area contributed by atoms with Gasteiger partial charge in [-0.05, 0) is 48.7 Å². The molecule has 4 heteroatoms. The van der Waals surface area contributed by atoms with Gasteiger partial charge in [0.15, 0.2) is 0 Å². The van der Waals surface area contributed by atoms with Gasteiger partial charge in [0.1, 0.15) is 0 Å². The summed E-state index contributed by atoms with van der Waals surface area (Å²) in [6, 6.07) is 16.5. The molecule has 1 saturated heterocycles. The predicted octanol–water partition coefficient (Wildman–Crippen LogP) is 3.81. The first-order valence-corrected chi connectivity index (χ1v) is 8.72. The summed E-state index contributed by atoms with van der Waals surface area (Å²) in [5.74, 6) is 0. The normalized spacial score (nSPS) is 14.8. The van der Waals surface area contributed by atoms with Gasteiger partial charge in [-0.15, -0.1) is 0 Å². The van der Waals surface area contributed by atoms with Crippen molar-refractivity contribution in [2.75, 3.05) is 31.1 Å². The molecule has 0 bridgehead atoms. The third-order valence-electron chi connectivity index (χ3n) is 4.42. The van der Waals surface area contributed by atoms with Crippen LogP contribution in [0.3, 0.4) is 0 Å². The molecule has 1 heterocycles. The molecular formula is C21H25N3O. The van der Waals surface area contributed by atoms with Crippen LogP contribution in [-0.4, -0.2) is 37.1 Å². The Morgan fingerprint density at radius 3 is 2.24 bits per heavy atom. The van der Waals surface area contributed by atoms with Crippen LogP contribution in [0.1, 0.15) is 16.7 Å². The Kier molecular flexibility index (Phi) is 5.39. The Balaban J connectivity index is 1.51. The number of nitrogens with one attached hydrogen (secondary N) is 1. The second-order valence-corrected chi connectivity index (χ2v) is 6.51. The molecule has 130 valence electrons. The number of amides is 2. The first kappa shape index (κ1) is 17.1. The molecule has 0 aromatic heterocycles. The largest absolute Gasteiger partial charge is 0.368 e. The maximum Gasteiger partial charge on any atom is 0.321 e. The number of benzene rings is 2. The molecule has 0 atom stereocenters. The summed E-state index contributed by atoms with van der Waals surface area (Å²) in [4.78, 5) is 16.5. The number of piperazine rings is 1. The minimum Gasteiger partial charge on any atom is -0.368 e. The molecule has 25 heavy (non-hydrogen) atoms. The van der Waals surface area contributed by atoms with Crippen molar-refractivity contribution in [2.24, 2.45) is 0 Å². The van der Waals surface area contributed by atoms with E-state index < -0.39 is 0 Å². The molecule has 2 aromatic rings. The van der Waals surface area contributed by atoms with Crippen molar-refractivity contribution in [3.63, 3.8) is 0 Å². The summed E-state index contributed by atoms with van der Waals surface area (Å²) in [7, 11) is 0. The number of anilines is 1. The lowest BCUT2D eigenvalue weighted by Crippen LogP contribution is -2.51. The third kappa shape index (κ3) is 4.63. The van der Waals surface area contributed by atoms with Gasteiger partial charge in [0, 0.05) is 38.1 Å². The molecule has 0 aliphatic carbocycles. The average molecular weight is 335 g/mol. The number of rotatable bonds is 3. The van der Waals surface area contributed by atoms with E-state index in [-0.39, 0.29) is 6.03 Å². The fraction of sp³-hybridized carbons (Fsp3) is 0.286. The lowest BCUT2D eigenvalue weighted by atomic mass is 10.1. The van der Waals surface area contributed by atoms with Crippen molar-refractivity contribution in [2.45, 2.75) is 13.8 Å². The molecule has 3 rings (SSSR count). The molecule has 1 fully saturated rings. The number of carbonyl (C=O) groups excluding carboxylic acids is 1. The van der Waals surface area contributed by atoms with Gasteiger partial charge in [0.05, 0.1) is 0 Å². The fourth-order valence-electron chi connectivity index (χ4n) is 3.17. The Hall–Kier alpha value is -2.75. The number of hydrogen-bond acceptors (Lipinski definition) is 2. The summed E-state index contributed by atoms with van der Waals surface area (Å²) in [5.41, 5.74) is 4.88. The van der Waals surface area contributed by atoms with Gasteiger partial charge >= 0.3 is 6.03 Å². The first-order chi connectivity index (χ1) is 12.1. The van der Waals surface area contributed by atoms with Crippen LogP contribution in [0, 0.1) is 13.8 Å². The SMILES string of the molecule is Cc1cc(C)cc(N2CCN(C(=O)N/C=C/c3ccccc3)CC2)c1. The van der Waals surface area contributed by atoms with E-state index >= 15 is 0 Å². The van der Waals surface area contributed by atoms with Crippen LogP contribution in [0.5, 0.6) is 0 Å². The number of urea groups is 1. The molecule has 0 saturated carbocycles. The number of hydrogen-bond donors (Lipinski definition) is 1. The summed E-state index contributed by atoms with van der Waals surface area (Å²) in [6.45, 7) is 7.44. The molecule has 1 N–H and O–H groups in total. The quantitative estimate of drug-likeness (QED) is 0.926. The lowest BCUT2D eigenvalue weighted by molar-refractivity contribution is 0.198. The summed E-state index contributed by atoms with van der Waals surface area (Å²) in [5, 5.41) is 2.86. The molecule has 1 aliphatic heterocycles. The van der Waals surface area contributed by atoms with Crippen LogP contribution in [0.25, 0.3) is 6.08 Å². The highest BCUT2D eigenvalue weighted by Gasteiger charge is 2.20. The van der Waals surface area contributed by atoms with E-state index in [9.17, 15) is 4.79 Å². The Bertz CT molecular complexity index is 727. The molecule has 1 aliphatic rings. The van der Waals surface area contributed by atoms with E-state index in [1.807, 2.05) is 41.3 Å². The molecule has 0 spiro atoms. The molecule has 0 radical (unpaired) electrons. The van der Waals surface area contributed by atoms with Gasteiger partial charge in [-0.1, -0.05) is 36.4 Å². The zero-order valence-electron chi connectivity index (χ0n) is 14.9. The Morgan fingerprint density at radius 1 is 0.960 bits per heavy atom. The zero-order chi connectivity index (χ0) is 17.6. The van der Waals surface area contributed by atoms with Gasteiger partial charge in [-0.3, -0.25) is 0 Å². The van der Waals surface area contributed by atoms with Crippen LogP contribution < -0.4 is 10.2 Å². The van der Waals surface area contributed by atoms with E-state index in [1.165, 1.54) is 16.8 Å². The van der Waals surface area contributed by atoms with Gasteiger partial charge in [0.2, 0.25) is 0 Å². The molecule has 0 unspecified atom stereocenters. The van der Waals surface area contributed by atoms with Crippen molar-refractivity contribution in [3.05, 3.63) is 71.4 Å². The minimum atomic E-state index is -0.0350. The van der Waals surface area contributed by atoms with Gasteiger partial charge in [0.25, 0.3) is 0 Å². The smallest absolute Gasteiger partial charge is 0.321 e. The average Bonchev–Trinajstić information content (AvgIpc) is 2.62. The number of nitrogens with zero attached hydrogens (tertiary/aromatic N) is 2. The highest BCUT2D eigenvalue weighted by molar-refractivity contribution is 5.76. The Morgan fingerprint density at radius 2 is 1.60 bits per heavy atom. The monoisotopic (exact) mass is 335 g/mol. The Labute approximate surface area is 149 Å². The minimum absolute atomic E-state index is 0.0350. The second kappa shape index (κ2) is 7.88. The summed E-state index contributed by atoms with van der Waals surface area (Å²) >= 11 is 0. The zero-order valence-corrected chi connectivity index (χ0v) is 14.9. The number of aryl methyl sites for hydroxylation is 2. The highest BCUT2D eigenvalue weighted by Crippen LogP contribution is 2.20. The maximum absolute atomic E-state index is 12.3. The van der Waals surface area contributed by atoms with Gasteiger partial charge < -0.3 is 15.1 Å². The van der Waals surface area contributed by atoms with Gasteiger partial charge in [-0.25, -0.2) is 4.79 Å². The van der Waals surface area contributed by atoms with Crippen molar-refractivity contribution in [1.82, 2.24) is 10.2 Å². The van der Waals surface area contributed by atoms with Crippen molar-refractivity contribution in [3.8, 4) is 0 Å². The van der Waals surface area contributed by atoms with Crippen LogP contribution in [0.15, 0.2) is 54.7 Å².